The third kappa shape index (κ3) is 3.91. The fraction of sp³-hybridized carbons (Fsp3) is 0.333. The standard InChI is InChI=1S/C21H23N7O2/c1-11-5-8-15(12(2)19(11)17-10-22-28(4)27-17)23-16-9-18(24-21(30)14-6-7-14)25-26-20(16)13(3)29/h5,8-10,14H,6-7H2,1-4H3,(H2,23,24,25,30). The molecule has 1 amide bonds. The molecule has 4 rings (SSSR count). The van der Waals surface area contributed by atoms with Crippen LogP contribution in [0, 0.1) is 19.8 Å². The molecule has 2 N–H and O–H groups in total. The molecule has 0 spiro atoms. The van der Waals surface area contributed by atoms with Gasteiger partial charge >= 0.3 is 0 Å². The van der Waals surface area contributed by atoms with Gasteiger partial charge in [-0.05, 0) is 43.9 Å². The van der Waals surface area contributed by atoms with Gasteiger partial charge in [-0.1, -0.05) is 6.07 Å². The Morgan fingerprint density at radius 3 is 2.53 bits per heavy atom. The zero-order valence-electron chi connectivity index (χ0n) is 17.4. The average Bonchev–Trinajstić information content (AvgIpc) is 3.46. The molecule has 30 heavy (non-hydrogen) atoms. The van der Waals surface area contributed by atoms with Crippen molar-refractivity contribution in [3.8, 4) is 11.3 Å². The summed E-state index contributed by atoms with van der Waals surface area (Å²) in [6.45, 7) is 5.43. The maximum atomic E-state index is 12.1. The number of aromatic nitrogens is 5. The van der Waals surface area contributed by atoms with E-state index < -0.39 is 0 Å². The summed E-state index contributed by atoms with van der Waals surface area (Å²) in [7, 11) is 1.77. The first-order valence-electron chi connectivity index (χ1n) is 9.77. The lowest BCUT2D eigenvalue weighted by molar-refractivity contribution is -0.117. The molecule has 0 unspecified atom stereocenters. The van der Waals surface area contributed by atoms with Crippen molar-refractivity contribution in [3.63, 3.8) is 0 Å². The lowest BCUT2D eigenvalue weighted by atomic mass is 9.98. The predicted molar refractivity (Wildman–Crippen MR) is 113 cm³/mol. The maximum Gasteiger partial charge on any atom is 0.228 e. The quantitative estimate of drug-likeness (QED) is 0.605. The van der Waals surface area contributed by atoms with Gasteiger partial charge in [0, 0.05) is 37.2 Å². The number of nitrogens with zero attached hydrogens (tertiary/aromatic N) is 5. The summed E-state index contributed by atoms with van der Waals surface area (Å²) in [4.78, 5) is 25.7. The molecule has 2 heterocycles. The van der Waals surface area contributed by atoms with Crippen LogP contribution in [0.3, 0.4) is 0 Å². The number of aryl methyl sites for hydroxylation is 2. The molecular weight excluding hydrogens is 382 g/mol. The number of hydrogen-bond donors (Lipinski definition) is 2. The lowest BCUT2D eigenvalue weighted by Crippen LogP contribution is -2.16. The van der Waals surface area contributed by atoms with Gasteiger partial charge in [0.1, 0.15) is 5.69 Å². The van der Waals surface area contributed by atoms with Gasteiger partial charge in [-0.3, -0.25) is 9.59 Å². The second-order valence-electron chi connectivity index (χ2n) is 7.59. The van der Waals surface area contributed by atoms with Crippen LogP contribution in [0.25, 0.3) is 11.3 Å². The Balaban J connectivity index is 1.70. The van der Waals surface area contributed by atoms with E-state index in [1.54, 1.807) is 19.3 Å². The third-order valence-corrected chi connectivity index (χ3v) is 5.13. The van der Waals surface area contributed by atoms with Gasteiger partial charge in [0.2, 0.25) is 5.91 Å². The largest absolute Gasteiger partial charge is 0.353 e. The van der Waals surface area contributed by atoms with Crippen molar-refractivity contribution in [2.75, 3.05) is 10.6 Å². The Hall–Kier alpha value is -3.62. The van der Waals surface area contributed by atoms with Crippen LogP contribution in [0.15, 0.2) is 24.4 Å². The lowest BCUT2D eigenvalue weighted by Gasteiger charge is -2.16. The number of benzene rings is 1. The fourth-order valence-electron chi connectivity index (χ4n) is 3.36. The van der Waals surface area contributed by atoms with E-state index in [-0.39, 0.29) is 23.3 Å². The van der Waals surface area contributed by atoms with Crippen LogP contribution in [0.2, 0.25) is 0 Å². The van der Waals surface area contributed by atoms with Crippen LogP contribution < -0.4 is 10.6 Å². The maximum absolute atomic E-state index is 12.1. The predicted octanol–water partition coefficient (Wildman–Crippen LogP) is 3.18. The zero-order valence-corrected chi connectivity index (χ0v) is 17.4. The number of amides is 1. The highest BCUT2D eigenvalue weighted by Gasteiger charge is 2.30. The Labute approximate surface area is 173 Å². The molecule has 3 aromatic rings. The second kappa shape index (κ2) is 7.66. The first-order chi connectivity index (χ1) is 14.3. The number of ketones is 1. The Kier molecular flexibility index (Phi) is 5.03. The SMILES string of the molecule is CC(=O)c1nnc(NC(=O)C2CC2)cc1Nc1ccc(C)c(-c2cnn(C)n2)c1C. The van der Waals surface area contributed by atoms with E-state index in [4.69, 9.17) is 0 Å². The highest BCUT2D eigenvalue weighted by atomic mass is 16.2. The van der Waals surface area contributed by atoms with E-state index in [1.165, 1.54) is 11.7 Å². The minimum Gasteiger partial charge on any atom is -0.353 e. The van der Waals surface area contributed by atoms with Gasteiger partial charge in [0.05, 0.1) is 11.9 Å². The monoisotopic (exact) mass is 405 g/mol. The molecule has 1 fully saturated rings. The smallest absolute Gasteiger partial charge is 0.228 e. The second-order valence-corrected chi connectivity index (χ2v) is 7.59. The average molecular weight is 405 g/mol. The van der Waals surface area contributed by atoms with Crippen LogP contribution >= 0.6 is 0 Å². The number of carbonyl (C=O) groups excluding carboxylic acids is 2. The van der Waals surface area contributed by atoms with Gasteiger partial charge in [0.25, 0.3) is 0 Å². The summed E-state index contributed by atoms with van der Waals surface area (Å²) in [5.74, 6) is 0.0779. The van der Waals surface area contributed by atoms with E-state index in [1.807, 2.05) is 26.0 Å². The van der Waals surface area contributed by atoms with Crippen molar-refractivity contribution in [1.29, 1.82) is 0 Å². The molecule has 9 nitrogen and oxygen atoms in total. The molecule has 0 radical (unpaired) electrons. The molecule has 2 aromatic heterocycles. The van der Waals surface area contributed by atoms with Crippen molar-refractivity contribution in [3.05, 3.63) is 41.2 Å². The summed E-state index contributed by atoms with van der Waals surface area (Å²) in [5, 5.41) is 22.7. The van der Waals surface area contributed by atoms with Crippen LogP contribution in [-0.2, 0) is 11.8 Å². The Morgan fingerprint density at radius 1 is 1.13 bits per heavy atom. The van der Waals surface area contributed by atoms with E-state index in [2.05, 4.69) is 31.0 Å². The minimum absolute atomic E-state index is 0.0459. The number of nitrogens with one attached hydrogen (secondary N) is 2. The molecule has 1 aliphatic rings. The van der Waals surface area contributed by atoms with Crippen LogP contribution in [0.4, 0.5) is 17.2 Å². The van der Waals surface area contributed by atoms with Gasteiger partial charge < -0.3 is 10.6 Å². The molecule has 1 saturated carbocycles. The first-order valence-corrected chi connectivity index (χ1v) is 9.77. The van der Waals surface area contributed by atoms with Crippen molar-refractivity contribution < 1.29 is 9.59 Å². The zero-order chi connectivity index (χ0) is 21.4. The van der Waals surface area contributed by atoms with E-state index in [9.17, 15) is 9.59 Å². The van der Waals surface area contributed by atoms with Crippen molar-refractivity contribution in [2.24, 2.45) is 13.0 Å². The molecule has 0 aliphatic heterocycles. The van der Waals surface area contributed by atoms with Gasteiger partial charge in [0.15, 0.2) is 17.3 Å². The van der Waals surface area contributed by atoms with E-state index in [0.29, 0.717) is 11.5 Å². The van der Waals surface area contributed by atoms with Crippen LogP contribution in [0.5, 0.6) is 0 Å². The fourth-order valence-corrected chi connectivity index (χ4v) is 3.36. The van der Waals surface area contributed by atoms with Crippen molar-refractivity contribution in [1.82, 2.24) is 25.2 Å². The topological polar surface area (TPSA) is 115 Å². The summed E-state index contributed by atoms with van der Waals surface area (Å²) < 4.78 is 0. The summed E-state index contributed by atoms with van der Waals surface area (Å²) >= 11 is 0. The van der Waals surface area contributed by atoms with Crippen molar-refractivity contribution >= 4 is 28.9 Å². The summed E-state index contributed by atoms with van der Waals surface area (Å²) in [6, 6.07) is 5.57. The Morgan fingerprint density at radius 2 is 1.90 bits per heavy atom. The molecule has 9 heteroatoms. The van der Waals surface area contributed by atoms with E-state index >= 15 is 0 Å². The summed E-state index contributed by atoms with van der Waals surface area (Å²) in [5.41, 5.74) is 5.27. The van der Waals surface area contributed by atoms with Crippen LogP contribution in [-0.4, -0.2) is 36.9 Å². The first kappa shape index (κ1) is 19.7. The molecule has 1 aliphatic carbocycles. The van der Waals surface area contributed by atoms with Gasteiger partial charge in [-0.25, -0.2) is 0 Å². The molecule has 0 bridgehead atoms. The third-order valence-electron chi connectivity index (χ3n) is 5.13. The summed E-state index contributed by atoms with van der Waals surface area (Å²) in [6.07, 6.45) is 3.51. The number of rotatable bonds is 6. The number of hydrogen-bond acceptors (Lipinski definition) is 7. The molecule has 1 aromatic carbocycles. The molecular formula is C21H23N7O2. The number of carbonyl (C=O) groups is 2. The van der Waals surface area contributed by atoms with Gasteiger partial charge in [-0.2, -0.15) is 15.0 Å². The molecule has 0 saturated heterocycles. The van der Waals surface area contributed by atoms with Gasteiger partial charge in [-0.15, -0.1) is 10.2 Å². The highest BCUT2D eigenvalue weighted by molar-refractivity contribution is 6.00. The number of Topliss-reactive ketones (excluding diaryl/α,β-unsaturated/α-hetero) is 1. The minimum atomic E-state index is -0.219. The van der Waals surface area contributed by atoms with E-state index in [0.717, 1.165) is 40.9 Å². The van der Waals surface area contributed by atoms with Crippen molar-refractivity contribution in [2.45, 2.75) is 33.6 Å². The number of anilines is 3. The Bertz CT molecular complexity index is 1150. The normalized spacial score (nSPS) is 13.2. The van der Waals surface area contributed by atoms with Crippen LogP contribution in [0.1, 0.15) is 41.4 Å². The highest BCUT2D eigenvalue weighted by Crippen LogP contribution is 2.34. The molecule has 0 atom stereocenters. The molecule has 154 valence electrons.